The maximum atomic E-state index is 11.5. The molecule has 1 aliphatic heterocycles. The second-order valence-electron chi connectivity index (χ2n) is 3.99. The highest BCUT2D eigenvalue weighted by Gasteiger charge is 2.31. The van der Waals surface area contributed by atoms with Crippen LogP contribution in [0.5, 0.6) is 0 Å². The van der Waals surface area contributed by atoms with E-state index in [9.17, 15) is 4.79 Å². The number of nitrogens with two attached hydrogens (primary N) is 1. The first kappa shape index (κ1) is 10.8. The Balaban J connectivity index is 2.10. The standard InChI is InChI=1S/C12H16N2O2/c1-2-6-14-8-11(16-12(14)15)9-4-3-5-10(13)7-9/h3-5,7,11H,2,6,8,13H2,1H3. The van der Waals surface area contributed by atoms with Crippen LogP contribution in [0.1, 0.15) is 25.0 Å². The van der Waals surface area contributed by atoms with Crippen LogP contribution in [0.4, 0.5) is 10.5 Å². The van der Waals surface area contributed by atoms with Crippen molar-refractivity contribution in [3.63, 3.8) is 0 Å². The van der Waals surface area contributed by atoms with Gasteiger partial charge in [-0.15, -0.1) is 0 Å². The van der Waals surface area contributed by atoms with Gasteiger partial charge >= 0.3 is 6.09 Å². The van der Waals surface area contributed by atoms with Gasteiger partial charge in [0.2, 0.25) is 0 Å². The van der Waals surface area contributed by atoms with Gasteiger partial charge < -0.3 is 15.4 Å². The first-order valence-electron chi connectivity index (χ1n) is 5.51. The second kappa shape index (κ2) is 4.43. The van der Waals surface area contributed by atoms with E-state index in [1.165, 1.54) is 0 Å². The van der Waals surface area contributed by atoms with Crippen molar-refractivity contribution in [2.75, 3.05) is 18.8 Å². The molecule has 0 bridgehead atoms. The molecule has 4 nitrogen and oxygen atoms in total. The molecule has 0 spiro atoms. The first-order valence-corrected chi connectivity index (χ1v) is 5.51. The molecule has 1 heterocycles. The minimum Gasteiger partial charge on any atom is -0.439 e. The largest absolute Gasteiger partial charge is 0.439 e. The zero-order valence-electron chi connectivity index (χ0n) is 9.35. The van der Waals surface area contributed by atoms with E-state index in [2.05, 4.69) is 0 Å². The van der Waals surface area contributed by atoms with Crippen LogP contribution in [-0.4, -0.2) is 24.1 Å². The number of benzene rings is 1. The van der Waals surface area contributed by atoms with Crippen molar-refractivity contribution in [1.82, 2.24) is 4.90 Å². The van der Waals surface area contributed by atoms with E-state index < -0.39 is 0 Å². The number of nitrogens with zero attached hydrogens (tertiary/aromatic N) is 1. The maximum Gasteiger partial charge on any atom is 0.410 e. The van der Waals surface area contributed by atoms with Gasteiger partial charge in [-0.25, -0.2) is 4.79 Å². The highest BCUT2D eigenvalue weighted by atomic mass is 16.6. The van der Waals surface area contributed by atoms with Crippen LogP contribution in [0.3, 0.4) is 0 Å². The van der Waals surface area contributed by atoms with Crippen molar-refractivity contribution in [1.29, 1.82) is 0 Å². The van der Waals surface area contributed by atoms with E-state index in [1.807, 2.05) is 31.2 Å². The second-order valence-corrected chi connectivity index (χ2v) is 3.99. The van der Waals surface area contributed by atoms with E-state index in [4.69, 9.17) is 10.5 Å². The van der Waals surface area contributed by atoms with E-state index >= 15 is 0 Å². The third-order valence-corrected chi connectivity index (χ3v) is 2.66. The van der Waals surface area contributed by atoms with Gasteiger partial charge in [0.05, 0.1) is 6.54 Å². The monoisotopic (exact) mass is 220 g/mol. The van der Waals surface area contributed by atoms with Gasteiger partial charge in [-0.1, -0.05) is 19.1 Å². The van der Waals surface area contributed by atoms with E-state index in [0.717, 1.165) is 18.5 Å². The number of rotatable bonds is 3. The van der Waals surface area contributed by atoms with Crippen molar-refractivity contribution in [2.24, 2.45) is 0 Å². The summed E-state index contributed by atoms with van der Waals surface area (Å²) in [4.78, 5) is 13.2. The van der Waals surface area contributed by atoms with Crippen molar-refractivity contribution >= 4 is 11.8 Å². The van der Waals surface area contributed by atoms with Gasteiger partial charge in [0, 0.05) is 12.2 Å². The summed E-state index contributed by atoms with van der Waals surface area (Å²) in [6, 6.07) is 7.49. The van der Waals surface area contributed by atoms with E-state index in [1.54, 1.807) is 4.90 Å². The lowest BCUT2D eigenvalue weighted by atomic mass is 10.1. The van der Waals surface area contributed by atoms with Crippen LogP contribution < -0.4 is 5.73 Å². The number of anilines is 1. The zero-order chi connectivity index (χ0) is 11.5. The van der Waals surface area contributed by atoms with Crippen molar-refractivity contribution in [3.05, 3.63) is 29.8 Å². The van der Waals surface area contributed by atoms with Gasteiger partial charge in [-0.2, -0.15) is 0 Å². The molecule has 1 aromatic rings. The minimum absolute atomic E-state index is 0.178. The SMILES string of the molecule is CCCN1CC(c2cccc(N)c2)OC1=O. The van der Waals surface area contributed by atoms with Crippen molar-refractivity contribution < 1.29 is 9.53 Å². The predicted molar refractivity (Wildman–Crippen MR) is 61.9 cm³/mol. The zero-order valence-corrected chi connectivity index (χ0v) is 9.35. The number of nitrogen functional groups attached to an aromatic ring is 1. The van der Waals surface area contributed by atoms with Crippen molar-refractivity contribution in [3.8, 4) is 0 Å². The van der Waals surface area contributed by atoms with Crippen molar-refractivity contribution in [2.45, 2.75) is 19.4 Å². The molecule has 2 rings (SSSR count). The molecule has 0 aromatic heterocycles. The number of ether oxygens (including phenoxy) is 1. The van der Waals surface area contributed by atoms with Gasteiger partial charge in [-0.05, 0) is 24.1 Å². The molecule has 4 heteroatoms. The Morgan fingerprint density at radius 2 is 2.38 bits per heavy atom. The molecule has 0 radical (unpaired) electrons. The molecule has 2 N–H and O–H groups in total. The molecule has 0 aliphatic carbocycles. The molecule has 1 aliphatic rings. The normalized spacial score (nSPS) is 19.9. The van der Waals surface area contributed by atoms with E-state index in [0.29, 0.717) is 12.2 Å². The third-order valence-electron chi connectivity index (χ3n) is 2.66. The summed E-state index contributed by atoms with van der Waals surface area (Å²) >= 11 is 0. The highest BCUT2D eigenvalue weighted by molar-refractivity contribution is 5.70. The topological polar surface area (TPSA) is 55.6 Å². The Morgan fingerprint density at radius 1 is 1.56 bits per heavy atom. The Labute approximate surface area is 95.0 Å². The lowest BCUT2D eigenvalue weighted by molar-refractivity contribution is 0.133. The number of hydrogen-bond acceptors (Lipinski definition) is 3. The van der Waals surface area contributed by atoms with Crippen LogP contribution in [0.15, 0.2) is 24.3 Å². The number of cyclic esters (lactones) is 1. The molecule has 16 heavy (non-hydrogen) atoms. The molecule has 1 fully saturated rings. The lowest BCUT2D eigenvalue weighted by Gasteiger charge is -2.11. The smallest absolute Gasteiger partial charge is 0.410 e. The summed E-state index contributed by atoms with van der Waals surface area (Å²) in [6.45, 7) is 3.41. The van der Waals surface area contributed by atoms with Gasteiger partial charge in [0.25, 0.3) is 0 Å². The molecular formula is C12H16N2O2. The molecular weight excluding hydrogens is 204 g/mol. The first-order chi connectivity index (χ1) is 7.70. The molecule has 1 amide bonds. The molecule has 86 valence electrons. The maximum absolute atomic E-state index is 11.5. The average molecular weight is 220 g/mol. The highest BCUT2D eigenvalue weighted by Crippen LogP contribution is 2.27. The Kier molecular flexibility index (Phi) is 2.99. The molecule has 0 saturated carbocycles. The summed E-state index contributed by atoms with van der Waals surface area (Å²) in [5.74, 6) is 0. The van der Waals surface area contributed by atoms with Gasteiger partial charge in [-0.3, -0.25) is 0 Å². The van der Waals surface area contributed by atoms with E-state index in [-0.39, 0.29) is 12.2 Å². The van der Waals surface area contributed by atoms with Gasteiger partial charge in [0.15, 0.2) is 0 Å². The molecule has 1 atom stereocenters. The summed E-state index contributed by atoms with van der Waals surface area (Å²) in [7, 11) is 0. The molecule has 1 aromatic carbocycles. The van der Waals surface area contributed by atoms with Crippen LogP contribution in [0.25, 0.3) is 0 Å². The fourth-order valence-corrected chi connectivity index (χ4v) is 1.89. The Hall–Kier alpha value is -1.71. The molecule has 1 saturated heterocycles. The predicted octanol–water partition coefficient (Wildman–Crippen LogP) is 2.17. The molecule has 1 unspecified atom stereocenters. The Bertz CT molecular complexity index is 392. The van der Waals surface area contributed by atoms with Crippen LogP contribution in [0, 0.1) is 0 Å². The number of amides is 1. The van der Waals surface area contributed by atoms with Gasteiger partial charge in [0.1, 0.15) is 6.10 Å². The number of carbonyl (C=O) groups excluding carboxylic acids is 1. The fourth-order valence-electron chi connectivity index (χ4n) is 1.89. The van der Waals surface area contributed by atoms with Crippen LogP contribution in [-0.2, 0) is 4.74 Å². The summed E-state index contributed by atoms with van der Waals surface area (Å²) in [5, 5.41) is 0. The van der Waals surface area contributed by atoms with Crippen LogP contribution >= 0.6 is 0 Å². The summed E-state index contributed by atoms with van der Waals surface area (Å²) in [6.07, 6.45) is 0.537. The average Bonchev–Trinajstić information content (AvgIpc) is 2.61. The lowest BCUT2D eigenvalue weighted by Crippen LogP contribution is -2.24. The Morgan fingerprint density at radius 3 is 3.06 bits per heavy atom. The third kappa shape index (κ3) is 2.10. The number of carbonyl (C=O) groups is 1. The summed E-state index contributed by atoms with van der Waals surface area (Å²) < 4.78 is 5.30. The summed E-state index contributed by atoms with van der Waals surface area (Å²) in [5.41, 5.74) is 7.36. The number of hydrogen-bond donors (Lipinski definition) is 1. The van der Waals surface area contributed by atoms with Crippen LogP contribution in [0.2, 0.25) is 0 Å². The fraction of sp³-hybridized carbons (Fsp3) is 0.417. The minimum atomic E-state index is -0.228. The quantitative estimate of drug-likeness (QED) is 0.794.